The zero-order chi connectivity index (χ0) is 14.8. The van der Waals surface area contributed by atoms with Crippen LogP contribution in [0.15, 0.2) is 12.1 Å². The molecule has 4 heteroatoms. The van der Waals surface area contributed by atoms with E-state index >= 15 is 0 Å². The third kappa shape index (κ3) is 4.39. The lowest BCUT2D eigenvalue weighted by molar-refractivity contribution is 0.0635. The fourth-order valence-corrected chi connectivity index (χ4v) is 1.78. The van der Waals surface area contributed by atoms with Crippen molar-refractivity contribution in [2.45, 2.75) is 47.1 Å². The van der Waals surface area contributed by atoms with Crippen molar-refractivity contribution in [2.24, 2.45) is 0 Å². The van der Waals surface area contributed by atoms with Crippen molar-refractivity contribution in [1.82, 2.24) is 0 Å². The highest BCUT2D eigenvalue weighted by atomic mass is 16.6. The number of hydrogen-bond acceptors (Lipinski definition) is 3. The van der Waals surface area contributed by atoms with Crippen LogP contribution >= 0.6 is 0 Å². The average molecular weight is 262 g/mol. The molecule has 0 aromatic heterocycles. The first-order valence-corrected chi connectivity index (χ1v) is 6.27. The molecule has 2 N–H and O–H groups in total. The van der Waals surface area contributed by atoms with E-state index in [-0.39, 0.29) is 0 Å². The van der Waals surface area contributed by atoms with E-state index in [0.29, 0.717) is 5.71 Å². The van der Waals surface area contributed by atoms with E-state index in [1.54, 1.807) is 6.92 Å². The van der Waals surface area contributed by atoms with Gasteiger partial charge in [-0.05, 0) is 70.4 Å². The Morgan fingerprint density at radius 3 is 2.05 bits per heavy atom. The van der Waals surface area contributed by atoms with Gasteiger partial charge >= 0.3 is 6.09 Å². The molecule has 0 unspecified atom stereocenters. The normalized spacial score (nSPS) is 11.1. The van der Waals surface area contributed by atoms with Crippen LogP contribution in [0.1, 0.15) is 44.4 Å². The second kappa shape index (κ2) is 5.43. The Labute approximate surface area is 114 Å². The van der Waals surface area contributed by atoms with Gasteiger partial charge in [0.15, 0.2) is 0 Å². The molecule has 19 heavy (non-hydrogen) atoms. The van der Waals surface area contributed by atoms with Gasteiger partial charge in [0.1, 0.15) is 5.60 Å². The summed E-state index contributed by atoms with van der Waals surface area (Å²) in [5.74, 6) is 0. The predicted molar refractivity (Wildman–Crippen MR) is 78.3 cm³/mol. The number of hydrogen-bond donors (Lipinski definition) is 2. The zero-order valence-corrected chi connectivity index (χ0v) is 12.5. The maximum atomic E-state index is 11.8. The third-order valence-electron chi connectivity index (χ3n) is 2.59. The Morgan fingerprint density at radius 2 is 1.68 bits per heavy atom. The SMILES string of the molecule is CC(=N)c1cc(C)c(NC(=O)OC(C)(C)C)c(C)c1. The maximum absolute atomic E-state index is 11.8. The van der Waals surface area contributed by atoms with Gasteiger partial charge in [0, 0.05) is 11.4 Å². The van der Waals surface area contributed by atoms with Gasteiger partial charge in [0.25, 0.3) is 0 Å². The van der Waals surface area contributed by atoms with E-state index in [2.05, 4.69) is 5.32 Å². The smallest absolute Gasteiger partial charge is 0.412 e. The molecule has 0 bridgehead atoms. The molecule has 1 rings (SSSR count). The molecule has 1 amide bonds. The molecule has 4 nitrogen and oxygen atoms in total. The number of benzene rings is 1. The average Bonchev–Trinajstić information content (AvgIpc) is 2.20. The molecule has 104 valence electrons. The van der Waals surface area contributed by atoms with E-state index in [1.807, 2.05) is 46.8 Å². The van der Waals surface area contributed by atoms with Crippen LogP contribution in [-0.4, -0.2) is 17.4 Å². The summed E-state index contributed by atoms with van der Waals surface area (Å²) >= 11 is 0. The Kier molecular flexibility index (Phi) is 4.35. The molecule has 0 saturated carbocycles. The molecule has 0 aliphatic rings. The van der Waals surface area contributed by atoms with Gasteiger partial charge in [-0.15, -0.1) is 0 Å². The molecule has 1 aromatic carbocycles. The highest BCUT2D eigenvalue weighted by Gasteiger charge is 2.17. The standard InChI is InChI=1S/C15H22N2O2/c1-9-7-12(11(3)16)8-10(2)13(9)17-14(18)19-15(4,5)6/h7-8,16H,1-6H3,(H,17,18). The molecule has 0 atom stereocenters. The minimum atomic E-state index is -0.516. The fourth-order valence-electron chi connectivity index (χ4n) is 1.78. The zero-order valence-electron chi connectivity index (χ0n) is 12.5. The van der Waals surface area contributed by atoms with Crippen molar-refractivity contribution in [1.29, 1.82) is 5.41 Å². The molecule has 1 aromatic rings. The lowest BCUT2D eigenvalue weighted by Gasteiger charge is -2.21. The summed E-state index contributed by atoms with van der Waals surface area (Å²) in [5.41, 5.74) is 3.45. The topological polar surface area (TPSA) is 62.2 Å². The summed E-state index contributed by atoms with van der Waals surface area (Å²) in [6.07, 6.45) is -0.460. The Morgan fingerprint density at radius 1 is 1.21 bits per heavy atom. The van der Waals surface area contributed by atoms with Gasteiger partial charge in [-0.3, -0.25) is 5.32 Å². The number of amides is 1. The van der Waals surface area contributed by atoms with Gasteiger partial charge < -0.3 is 10.1 Å². The first-order chi connectivity index (χ1) is 8.60. The quantitative estimate of drug-likeness (QED) is 0.790. The number of aryl methyl sites for hydroxylation is 2. The first kappa shape index (κ1) is 15.2. The Hall–Kier alpha value is -1.84. The Bertz CT molecular complexity index is 490. The van der Waals surface area contributed by atoms with Gasteiger partial charge in [-0.25, -0.2) is 4.79 Å². The summed E-state index contributed by atoms with van der Waals surface area (Å²) in [6.45, 7) is 11.0. The summed E-state index contributed by atoms with van der Waals surface area (Å²) < 4.78 is 5.24. The first-order valence-electron chi connectivity index (χ1n) is 6.27. The van der Waals surface area contributed by atoms with E-state index in [4.69, 9.17) is 10.1 Å². The predicted octanol–water partition coefficient (Wildman–Crippen LogP) is 4.04. The van der Waals surface area contributed by atoms with Crippen LogP contribution in [0, 0.1) is 19.3 Å². The molecule has 0 fully saturated rings. The number of carbonyl (C=O) groups excluding carboxylic acids is 1. The van der Waals surface area contributed by atoms with Crippen LogP contribution in [0.4, 0.5) is 10.5 Å². The second-order valence-electron chi connectivity index (χ2n) is 5.74. The highest BCUT2D eigenvalue weighted by Crippen LogP contribution is 2.23. The summed E-state index contributed by atoms with van der Waals surface area (Å²) in [6, 6.07) is 3.78. The number of anilines is 1. The van der Waals surface area contributed by atoms with E-state index < -0.39 is 11.7 Å². The van der Waals surface area contributed by atoms with Crippen molar-refractivity contribution >= 4 is 17.5 Å². The molecule has 0 saturated heterocycles. The van der Waals surface area contributed by atoms with Gasteiger partial charge in [0.05, 0.1) is 0 Å². The monoisotopic (exact) mass is 262 g/mol. The highest BCUT2D eigenvalue weighted by molar-refractivity contribution is 5.98. The lowest BCUT2D eigenvalue weighted by atomic mass is 10.0. The molecule has 0 aliphatic carbocycles. The largest absolute Gasteiger partial charge is 0.444 e. The van der Waals surface area contributed by atoms with Crippen LogP contribution < -0.4 is 5.32 Å². The number of carbonyl (C=O) groups is 1. The van der Waals surface area contributed by atoms with Gasteiger partial charge in [0.2, 0.25) is 0 Å². The van der Waals surface area contributed by atoms with Crippen molar-refractivity contribution < 1.29 is 9.53 Å². The minimum Gasteiger partial charge on any atom is -0.444 e. The third-order valence-corrected chi connectivity index (χ3v) is 2.59. The van der Waals surface area contributed by atoms with Crippen LogP contribution in [0.2, 0.25) is 0 Å². The van der Waals surface area contributed by atoms with Gasteiger partial charge in [-0.1, -0.05) is 0 Å². The Balaban J connectivity index is 2.97. The summed E-state index contributed by atoms with van der Waals surface area (Å²) in [5, 5.41) is 10.4. The van der Waals surface area contributed by atoms with Crippen LogP contribution in [0.25, 0.3) is 0 Å². The summed E-state index contributed by atoms with van der Waals surface area (Å²) in [7, 11) is 0. The second-order valence-corrected chi connectivity index (χ2v) is 5.74. The number of nitrogens with one attached hydrogen (secondary N) is 2. The fraction of sp³-hybridized carbons (Fsp3) is 0.467. The van der Waals surface area contributed by atoms with Crippen LogP contribution in [0.3, 0.4) is 0 Å². The van der Waals surface area contributed by atoms with Crippen LogP contribution in [-0.2, 0) is 4.74 Å². The number of ether oxygens (including phenoxy) is 1. The van der Waals surface area contributed by atoms with E-state index in [0.717, 1.165) is 22.4 Å². The maximum Gasteiger partial charge on any atom is 0.412 e. The molecule has 0 radical (unpaired) electrons. The molecule has 0 spiro atoms. The molecule has 0 heterocycles. The lowest BCUT2D eigenvalue weighted by Crippen LogP contribution is -2.27. The molecular formula is C15H22N2O2. The van der Waals surface area contributed by atoms with Crippen molar-refractivity contribution in [3.8, 4) is 0 Å². The van der Waals surface area contributed by atoms with Crippen molar-refractivity contribution in [3.05, 3.63) is 28.8 Å². The van der Waals surface area contributed by atoms with Crippen molar-refractivity contribution in [3.63, 3.8) is 0 Å². The van der Waals surface area contributed by atoms with Gasteiger partial charge in [-0.2, -0.15) is 0 Å². The summed E-state index contributed by atoms with van der Waals surface area (Å²) in [4.78, 5) is 11.8. The number of rotatable bonds is 2. The molecular weight excluding hydrogens is 240 g/mol. The van der Waals surface area contributed by atoms with E-state index in [9.17, 15) is 4.79 Å². The molecule has 0 aliphatic heterocycles. The minimum absolute atomic E-state index is 0.460. The van der Waals surface area contributed by atoms with E-state index in [1.165, 1.54) is 0 Å². The van der Waals surface area contributed by atoms with Crippen molar-refractivity contribution in [2.75, 3.05) is 5.32 Å². The van der Waals surface area contributed by atoms with Crippen LogP contribution in [0.5, 0.6) is 0 Å².